The van der Waals surface area contributed by atoms with Crippen LogP contribution in [0.1, 0.15) is 32.9 Å². The molecule has 145 heavy (non-hydrogen) atoms. The molecular formula is C142H88O3. The van der Waals surface area contributed by atoms with Gasteiger partial charge in [0.2, 0.25) is 0 Å². The lowest BCUT2D eigenvalue weighted by atomic mass is 9.85. The summed E-state index contributed by atoms with van der Waals surface area (Å²) in [5.41, 5.74) is 19.4. The van der Waals surface area contributed by atoms with Crippen LogP contribution in [0.15, 0.2) is 547 Å². The van der Waals surface area contributed by atoms with Gasteiger partial charge in [-0.1, -0.05) is 454 Å². The highest BCUT2D eigenvalue weighted by molar-refractivity contribution is 6.28. The summed E-state index contributed by atoms with van der Waals surface area (Å²) in [7, 11) is 0. The van der Waals surface area contributed by atoms with E-state index >= 15 is 0 Å². The van der Waals surface area contributed by atoms with Gasteiger partial charge in [0.15, 0.2) is 0 Å². The van der Waals surface area contributed by atoms with Gasteiger partial charge in [-0.15, -0.1) is 0 Å². The molecule has 3 aromatic heterocycles. The van der Waals surface area contributed by atoms with E-state index in [2.05, 4.69) is 140 Å². The van der Waals surface area contributed by atoms with Crippen molar-refractivity contribution >= 4 is 174 Å². The lowest BCUT2D eigenvalue weighted by Crippen LogP contribution is -1.90. The van der Waals surface area contributed by atoms with Crippen LogP contribution in [-0.4, -0.2) is 0 Å². The lowest BCUT2D eigenvalue weighted by Gasteiger charge is -2.17. The quantitative estimate of drug-likeness (QED) is 0.0957. The zero-order valence-corrected chi connectivity index (χ0v) is 77.2. The maximum Gasteiger partial charge on any atom is 0.136 e. The van der Waals surface area contributed by atoms with Crippen LogP contribution in [0.2, 0.25) is 0 Å². The van der Waals surface area contributed by atoms with Crippen LogP contribution in [0.3, 0.4) is 0 Å². The molecule has 0 saturated carbocycles. The fourth-order valence-corrected chi connectivity index (χ4v) is 21.9. The third-order valence-electron chi connectivity index (χ3n) is 28.3. The van der Waals surface area contributed by atoms with Crippen LogP contribution in [0, 0.1) is 0 Å². The van der Waals surface area contributed by atoms with E-state index in [4.69, 9.17) is 29.7 Å². The summed E-state index contributed by atoms with van der Waals surface area (Å²) in [6, 6.07) is 118. The molecule has 0 aliphatic rings. The number of rotatable bonds is 11. The second-order valence-electron chi connectivity index (χ2n) is 36.3. The van der Waals surface area contributed by atoms with Crippen molar-refractivity contribution in [2.45, 2.75) is 0 Å². The maximum atomic E-state index is 9.31. The van der Waals surface area contributed by atoms with Gasteiger partial charge in [0.25, 0.3) is 0 Å². The number of hydrogen-bond donors (Lipinski definition) is 0. The van der Waals surface area contributed by atoms with E-state index in [0.29, 0.717) is 100 Å². The molecule has 3 nitrogen and oxygen atoms in total. The van der Waals surface area contributed by atoms with E-state index in [1.54, 1.807) is 91.0 Å². The molecular weight excluding hydrogens is 1750 g/mol. The summed E-state index contributed by atoms with van der Waals surface area (Å²) in [6.07, 6.45) is 0. The van der Waals surface area contributed by atoms with Crippen LogP contribution >= 0.6 is 0 Å². The molecule has 30 rings (SSSR count). The van der Waals surface area contributed by atoms with E-state index in [1.165, 1.54) is 5.39 Å². The Morgan fingerprint density at radius 2 is 0.434 bits per heavy atom. The number of hydrogen-bond acceptors (Lipinski definition) is 3. The van der Waals surface area contributed by atoms with Crippen LogP contribution in [0.5, 0.6) is 0 Å². The van der Waals surface area contributed by atoms with Crippen molar-refractivity contribution in [1.82, 2.24) is 0 Å². The Morgan fingerprint density at radius 3 is 0.910 bits per heavy atom. The average molecular weight is 1870 g/mol. The van der Waals surface area contributed by atoms with Crippen LogP contribution in [-0.2, 0) is 0 Å². The van der Waals surface area contributed by atoms with Crippen molar-refractivity contribution in [3.8, 4) is 122 Å². The molecule has 0 N–H and O–H groups in total. The van der Waals surface area contributed by atoms with E-state index in [9.17, 15) is 16.4 Å². The molecule has 0 unspecified atom stereocenters. The fourth-order valence-electron chi connectivity index (χ4n) is 21.9. The Morgan fingerprint density at radius 1 is 0.124 bits per heavy atom. The largest absolute Gasteiger partial charge is 0.456 e. The fraction of sp³-hybridized carbons (Fsp3) is 0. The molecule has 0 bridgehead atoms. The predicted molar refractivity (Wildman–Crippen MR) is 616 cm³/mol. The van der Waals surface area contributed by atoms with Gasteiger partial charge in [-0.25, -0.2) is 0 Å². The van der Waals surface area contributed by atoms with Gasteiger partial charge in [-0.05, 0) is 309 Å². The summed E-state index contributed by atoms with van der Waals surface area (Å²) in [5.74, 6) is 0. The minimum atomic E-state index is -0.433. The van der Waals surface area contributed by atoms with Gasteiger partial charge in [0.1, 0.15) is 33.5 Å². The highest BCUT2D eigenvalue weighted by Crippen LogP contribution is 2.53. The first-order chi connectivity index (χ1) is 81.9. The average Bonchev–Trinajstić information content (AvgIpc) is 1.27. The molecule has 3 heterocycles. The van der Waals surface area contributed by atoms with Gasteiger partial charge < -0.3 is 13.3 Å². The van der Waals surface area contributed by atoms with Crippen molar-refractivity contribution in [3.63, 3.8) is 0 Å². The lowest BCUT2D eigenvalue weighted by molar-refractivity contribution is 0.668. The summed E-state index contributed by atoms with van der Waals surface area (Å²) < 4.78 is 235. The van der Waals surface area contributed by atoms with Crippen molar-refractivity contribution in [2.24, 2.45) is 0 Å². The monoisotopic (exact) mass is 1860 g/mol. The Labute approximate surface area is 870 Å². The Kier molecular flexibility index (Phi) is 15.2. The number of fused-ring (bicyclic) bond motifs is 21. The molecule has 0 radical (unpaired) electrons. The van der Waals surface area contributed by atoms with Gasteiger partial charge in [-0.3, -0.25) is 0 Å². The molecule has 0 saturated heterocycles. The Bertz CT molecular complexity index is 11800. The van der Waals surface area contributed by atoms with Crippen molar-refractivity contribution in [3.05, 3.63) is 533 Å². The van der Waals surface area contributed by atoms with Crippen LogP contribution in [0.4, 0.5) is 0 Å². The summed E-state index contributed by atoms with van der Waals surface area (Å²) >= 11 is 0. The first kappa shape index (κ1) is 62.8. The third-order valence-corrected chi connectivity index (χ3v) is 28.3. The molecule has 0 aliphatic heterocycles. The molecule has 27 aromatic carbocycles. The highest BCUT2D eigenvalue weighted by Gasteiger charge is 2.26. The van der Waals surface area contributed by atoms with Crippen LogP contribution in [0.25, 0.3) is 296 Å². The molecule has 3 heteroatoms. The topological polar surface area (TPSA) is 39.4 Å². The molecule has 0 atom stereocenters. The minimum Gasteiger partial charge on any atom is -0.456 e. The van der Waals surface area contributed by atoms with E-state index < -0.39 is 72.5 Å². The van der Waals surface area contributed by atoms with E-state index in [1.807, 2.05) is 158 Å². The molecule has 674 valence electrons. The summed E-state index contributed by atoms with van der Waals surface area (Å²) in [5, 5.41) is 16.1. The molecule has 0 aliphatic carbocycles. The van der Waals surface area contributed by atoms with Crippen LogP contribution < -0.4 is 0 Å². The minimum absolute atomic E-state index is 0.175. The first-order valence-corrected chi connectivity index (χ1v) is 47.9. The third kappa shape index (κ3) is 14.3. The second-order valence-corrected chi connectivity index (χ2v) is 36.3. The molecule has 30 aromatic rings. The van der Waals surface area contributed by atoms with Gasteiger partial charge >= 0.3 is 0 Å². The number of furan rings is 3. The van der Waals surface area contributed by atoms with E-state index in [0.717, 1.165) is 126 Å². The zero-order chi connectivity index (χ0) is 116. The van der Waals surface area contributed by atoms with Gasteiger partial charge in [-0.2, -0.15) is 0 Å². The molecule has 0 spiro atoms. The molecule has 0 amide bonds. The second kappa shape index (κ2) is 35.1. The van der Waals surface area contributed by atoms with Crippen molar-refractivity contribution < 1.29 is 46.1 Å². The summed E-state index contributed by atoms with van der Waals surface area (Å²) in [6.45, 7) is 0. The van der Waals surface area contributed by atoms with Crippen molar-refractivity contribution in [1.29, 1.82) is 0 Å². The normalized spacial score (nSPS) is 14.0. The van der Waals surface area contributed by atoms with Gasteiger partial charge in [0.05, 0.1) is 32.9 Å². The number of benzene rings is 27. The Hall–Kier alpha value is -19.1. The maximum absolute atomic E-state index is 9.31. The Balaban J connectivity index is 0.000000118. The van der Waals surface area contributed by atoms with Gasteiger partial charge in [0, 0.05) is 32.3 Å². The van der Waals surface area contributed by atoms with E-state index in [-0.39, 0.29) is 137 Å². The van der Waals surface area contributed by atoms with Crippen molar-refractivity contribution in [2.75, 3.05) is 0 Å². The molecule has 0 fully saturated rings. The smallest absolute Gasteiger partial charge is 0.136 e. The summed E-state index contributed by atoms with van der Waals surface area (Å²) in [4.78, 5) is 0. The first-order valence-electron chi connectivity index (χ1n) is 59.9. The standard InChI is InChI=1S/C50H32O.2C46H28O/c1-4-14-33(15-5-1)36-24-27-39(45(30-36)34-16-6-2-7-17-34)37-25-28-40-46-31-38(26-29-47(46)51-48(40)32-37)50-43-22-12-10-20-41(43)49(35-18-8-3-9-19-35)42-21-11-13-23-44(42)50;1-2-13-30(14-3-1)44-37-16-6-8-18-39(37)45(40-19-9-7-17-38(40)44)31-25-27-42-41(28-31)46-36(22-11-23-43(46)47-42)34-21-10-20-33-32-15-5-4-12-29(32)24-26-35(33)34;1-2-12-29(13-3-1)45-36-18-8-10-20-38(36)46(39-21-11-9-19-37(39)45)32-23-25-44-42(28-32)41-27-31(22-24-43(41)47-44)40-26-30-14-4-5-15-33(30)34-16-6-7-17-35(34)40/h1-32H;2*1-28H/i10D,11D,12D,13D,20D,21D,22D,23D;6D,7D,8D,9D,16D,17D,18D,19D;8D,9D,10D,11D,18D,19D,20D,21D. The predicted octanol–water partition coefficient (Wildman–Crippen LogP) is 40.6. The SMILES string of the molecule is [2H]c1c([2H])c([2H])c2c(-c3ccc4oc5cc(-c6ccc(-c7ccccc7)cc6-c6ccccc6)ccc5c4c3)c3c([2H])c([2H])c([2H])c([2H])c3c(-c3ccccc3)c2c1[2H].[2H]c1c([2H])c([2H])c2c(-c3ccc4oc5ccc(-c6cc7ccccc7c7ccccc67)cc5c4c3)c3c([2H])c([2H])c([2H])c([2H])c3c(-c3ccccc3)c2c1[2H].[2H]c1c([2H])c([2H])c2c(-c3ccc4oc5cccc(-c6cccc7c6ccc6ccccc67)c5c4c3)c3c([2H])c([2H])c([2H])c([2H])c3c(-c3ccccc3)c2c1[2H]. The highest BCUT2D eigenvalue weighted by atomic mass is 16.3. The zero-order valence-electron chi connectivity index (χ0n) is 101.